The van der Waals surface area contributed by atoms with Crippen LogP contribution in [0.4, 0.5) is 0 Å². The van der Waals surface area contributed by atoms with Crippen LogP contribution in [0.3, 0.4) is 0 Å². The molecular formula is C22H30O7. The minimum Gasteiger partial charge on any atom is -0.464 e. The van der Waals surface area contributed by atoms with Crippen LogP contribution >= 0.6 is 0 Å². The molecule has 8 atom stereocenters. The van der Waals surface area contributed by atoms with Gasteiger partial charge < -0.3 is 24.5 Å². The van der Waals surface area contributed by atoms with Gasteiger partial charge >= 0.3 is 11.9 Å². The van der Waals surface area contributed by atoms with Gasteiger partial charge in [-0.15, -0.1) is 0 Å². The number of esters is 2. The van der Waals surface area contributed by atoms with Crippen LogP contribution in [0, 0.1) is 34.0 Å². The van der Waals surface area contributed by atoms with Crippen molar-refractivity contribution in [2.24, 2.45) is 34.0 Å². The van der Waals surface area contributed by atoms with E-state index < -0.39 is 58.3 Å². The maximum absolute atomic E-state index is 13.1. The van der Waals surface area contributed by atoms with E-state index >= 15 is 0 Å². The molecule has 160 valence electrons. The molecule has 0 aromatic heterocycles. The second kappa shape index (κ2) is 6.38. The SMILES string of the molecule is C=C1C2CC(O)C3C(C2)(C(=O)OCC32C(OC(C)=O)CCC(C)(C)C2C=O)C1O. The zero-order valence-corrected chi connectivity index (χ0v) is 17.2. The van der Waals surface area contributed by atoms with Gasteiger partial charge in [-0.3, -0.25) is 9.59 Å². The number of rotatable bonds is 2. The maximum Gasteiger partial charge on any atom is 0.315 e. The number of aldehydes is 1. The number of fused-ring (bicyclic) bond motifs is 2. The van der Waals surface area contributed by atoms with E-state index in [9.17, 15) is 24.6 Å². The van der Waals surface area contributed by atoms with E-state index in [1.165, 1.54) is 6.92 Å². The normalized spacial score (nSPS) is 48.0. The van der Waals surface area contributed by atoms with Crippen LogP contribution in [0.2, 0.25) is 0 Å². The summed E-state index contributed by atoms with van der Waals surface area (Å²) in [5.41, 5.74) is -2.38. The number of aliphatic hydroxyl groups is 2. The van der Waals surface area contributed by atoms with E-state index in [-0.39, 0.29) is 12.5 Å². The van der Waals surface area contributed by atoms with Gasteiger partial charge in [0, 0.05) is 18.8 Å². The Balaban J connectivity index is 1.95. The fourth-order valence-corrected chi connectivity index (χ4v) is 7.19. The highest BCUT2D eigenvalue weighted by atomic mass is 16.6. The van der Waals surface area contributed by atoms with Crippen molar-refractivity contribution in [3.63, 3.8) is 0 Å². The van der Waals surface area contributed by atoms with E-state index in [4.69, 9.17) is 9.47 Å². The largest absolute Gasteiger partial charge is 0.464 e. The summed E-state index contributed by atoms with van der Waals surface area (Å²) >= 11 is 0. The predicted octanol–water partition coefficient (Wildman–Crippen LogP) is 1.40. The highest BCUT2D eigenvalue weighted by Crippen LogP contribution is 2.69. The molecule has 7 nitrogen and oxygen atoms in total. The first-order valence-electron chi connectivity index (χ1n) is 10.4. The molecule has 2 bridgehead atoms. The van der Waals surface area contributed by atoms with Gasteiger partial charge in [0.05, 0.1) is 17.6 Å². The number of hydrogen-bond acceptors (Lipinski definition) is 7. The van der Waals surface area contributed by atoms with E-state index in [0.717, 1.165) is 6.29 Å². The summed E-state index contributed by atoms with van der Waals surface area (Å²) in [5.74, 6) is -2.60. The Morgan fingerprint density at radius 2 is 2.03 bits per heavy atom. The zero-order valence-electron chi connectivity index (χ0n) is 17.2. The van der Waals surface area contributed by atoms with Gasteiger partial charge in [-0.1, -0.05) is 20.4 Å². The van der Waals surface area contributed by atoms with Crippen LogP contribution in [0.5, 0.6) is 0 Å². The fourth-order valence-electron chi connectivity index (χ4n) is 7.19. The number of ether oxygens (including phenoxy) is 2. The van der Waals surface area contributed by atoms with Crippen molar-refractivity contribution in [2.45, 2.75) is 64.8 Å². The van der Waals surface area contributed by atoms with Gasteiger partial charge in [0.2, 0.25) is 0 Å². The first-order valence-corrected chi connectivity index (χ1v) is 10.4. The molecule has 1 aliphatic heterocycles. The van der Waals surface area contributed by atoms with Gasteiger partial charge in [-0.25, -0.2) is 0 Å². The topological polar surface area (TPSA) is 110 Å². The molecule has 1 heterocycles. The van der Waals surface area contributed by atoms with Crippen molar-refractivity contribution in [1.82, 2.24) is 0 Å². The average molecular weight is 406 g/mol. The number of aliphatic hydroxyl groups excluding tert-OH is 2. The monoisotopic (exact) mass is 406 g/mol. The summed E-state index contributed by atoms with van der Waals surface area (Å²) in [5, 5.41) is 22.4. The first kappa shape index (κ1) is 20.5. The molecule has 4 aliphatic rings. The smallest absolute Gasteiger partial charge is 0.315 e. The van der Waals surface area contributed by atoms with Crippen molar-refractivity contribution >= 4 is 18.2 Å². The molecule has 0 aromatic carbocycles. The third-order valence-electron chi connectivity index (χ3n) is 8.34. The first-order chi connectivity index (χ1) is 13.5. The third-order valence-corrected chi connectivity index (χ3v) is 8.34. The number of cyclic esters (lactones) is 1. The zero-order chi connectivity index (χ0) is 21.4. The molecule has 29 heavy (non-hydrogen) atoms. The summed E-state index contributed by atoms with van der Waals surface area (Å²) in [4.78, 5) is 37.5. The van der Waals surface area contributed by atoms with E-state index in [1.54, 1.807) is 0 Å². The van der Waals surface area contributed by atoms with Gasteiger partial charge in [-0.05, 0) is 42.6 Å². The lowest BCUT2D eigenvalue weighted by atomic mass is 9.43. The Hall–Kier alpha value is -1.73. The Bertz CT molecular complexity index is 773. The number of carbonyl (C=O) groups is 3. The molecule has 0 aromatic rings. The van der Waals surface area contributed by atoms with Gasteiger partial charge in [0.25, 0.3) is 0 Å². The van der Waals surface area contributed by atoms with Gasteiger partial charge in [0.15, 0.2) is 0 Å². The van der Waals surface area contributed by atoms with E-state index in [2.05, 4.69) is 6.58 Å². The van der Waals surface area contributed by atoms with Gasteiger partial charge in [0.1, 0.15) is 24.4 Å². The summed E-state index contributed by atoms with van der Waals surface area (Å²) in [7, 11) is 0. The number of carbonyl (C=O) groups excluding carboxylic acids is 3. The molecule has 0 radical (unpaired) electrons. The maximum atomic E-state index is 13.1. The van der Waals surface area contributed by atoms with Crippen LogP contribution in [0.1, 0.15) is 46.5 Å². The second-order valence-corrected chi connectivity index (χ2v) is 10.1. The molecule has 4 rings (SSSR count). The second-order valence-electron chi connectivity index (χ2n) is 10.1. The molecule has 4 fully saturated rings. The molecule has 7 heteroatoms. The van der Waals surface area contributed by atoms with Crippen LogP contribution in [-0.2, 0) is 23.9 Å². The summed E-state index contributed by atoms with van der Waals surface area (Å²) < 4.78 is 11.4. The third kappa shape index (κ3) is 2.46. The van der Waals surface area contributed by atoms with Crippen LogP contribution in [-0.4, -0.2) is 53.4 Å². The van der Waals surface area contributed by atoms with Crippen molar-refractivity contribution in [3.8, 4) is 0 Å². The standard InChI is InChI=1S/C22H30O7/c1-11-13-7-14(25)17-21(8-13,18(11)26)19(27)28-10-22(17)15(9-23)20(3,4)6-5-16(22)29-12(2)24/h9,13-18,25-26H,1,5-8,10H2,2-4H3. The quantitative estimate of drug-likeness (QED) is 0.405. The molecule has 3 saturated carbocycles. The molecule has 3 aliphatic carbocycles. The minimum absolute atomic E-state index is 0.121. The molecule has 0 amide bonds. The molecule has 2 spiro atoms. The summed E-state index contributed by atoms with van der Waals surface area (Å²) in [6.07, 6.45) is -0.0988. The molecule has 1 saturated heterocycles. The number of hydrogen-bond donors (Lipinski definition) is 2. The lowest BCUT2D eigenvalue weighted by molar-refractivity contribution is -0.265. The van der Waals surface area contributed by atoms with Crippen molar-refractivity contribution in [3.05, 3.63) is 12.2 Å². The molecule has 2 N–H and O–H groups in total. The average Bonchev–Trinajstić information content (AvgIpc) is 2.83. The van der Waals surface area contributed by atoms with Crippen LogP contribution in [0.25, 0.3) is 0 Å². The van der Waals surface area contributed by atoms with Crippen LogP contribution < -0.4 is 0 Å². The van der Waals surface area contributed by atoms with Crippen molar-refractivity contribution in [1.29, 1.82) is 0 Å². The molecular weight excluding hydrogens is 376 g/mol. The Labute approximate surface area is 170 Å². The summed E-state index contributed by atoms with van der Waals surface area (Å²) in [6.45, 7) is 9.12. The fraction of sp³-hybridized carbons (Fsp3) is 0.773. The van der Waals surface area contributed by atoms with Gasteiger partial charge in [-0.2, -0.15) is 0 Å². The highest BCUT2D eigenvalue weighted by Gasteiger charge is 2.76. The van der Waals surface area contributed by atoms with Crippen molar-refractivity contribution < 1.29 is 34.1 Å². The van der Waals surface area contributed by atoms with Crippen molar-refractivity contribution in [2.75, 3.05) is 6.61 Å². The Kier molecular flexibility index (Phi) is 4.52. The minimum atomic E-state index is -1.37. The Morgan fingerprint density at radius 1 is 1.34 bits per heavy atom. The lowest BCUT2D eigenvalue weighted by Crippen LogP contribution is -2.71. The van der Waals surface area contributed by atoms with E-state index in [1.807, 2.05) is 13.8 Å². The molecule has 8 unspecified atom stereocenters. The lowest BCUT2D eigenvalue weighted by Gasteiger charge is -2.63. The predicted molar refractivity (Wildman–Crippen MR) is 101 cm³/mol. The Morgan fingerprint density at radius 3 is 2.66 bits per heavy atom. The summed E-state index contributed by atoms with van der Waals surface area (Å²) in [6, 6.07) is 0. The highest BCUT2D eigenvalue weighted by molar-refractivity contribution is 5.82. The van der Waals surface area contributed by atoms with E-state index in [0.29, 0.717) is 31.3 Å². The van der Waals surface area contributed by atoms with Crippen LogP contribution in [0.15, 0.2) is 12.2 Å².